The van der Waals surface area contributed by atoms with E-state index in [1.165, 1.54) is 25.7 Å². The number of hydrogen-bond donors (Lipinski definition) is 1. The molecular weight excluding hydrogens is 148 g/mol. The standard InChI is InChI=1S/C7H16S2/c1-3-5-7(9-8)6-4-2/h7-8H,3-6H2,1-2H3. The van der Waals surface area contributed by atoms with Crippen molar-refractivity contribution in [3.8, 4) is 0 Å². The Morgan fingerprint density at radius 1 is 1.22 bits per heavy atom. The highest BCUT2D eigenvalue weighted by atomic mass is 33.1. The maximum absolute atomic E-state index is 4.20. The lowest BCUT2D eigenvalue weighted by Crippen LogP contribution is -1.97. The largest absolute Gasteiger partial charge is 0.111 e. The highest BCUT2D eigenvalue weighted by molar-refractivity contribution is 8.68. The number of thiol groups is 1. The van der Waals surface area contributed by atoms with Crippen molar-refractivity contribution in [1.82, 2.24) is 0 Å². The van der Waals surface area contributed by atoms with Crippen molar-refractivity contribution in [1.29, 1.82) is 0 Å². The van der Waals surface area contributed by atoms with Crippen LogP contribution in [-0.4, -0.2) is 5.25 Å². The zero-order valence-corrected chi connectivity index (χ0v) is 7.97. The SMILES string of the molecule is CCCC(CCC)SS. The molecule has 2 heteroatoms. The van der Waals surface area contributed by atoms with Crippen molar-refractivity contribution in [2.24, 2.45) is 0 Å². The molecule has 0 aromatic carbocycles. The maximum Gasteiger partial charge on any atom is 0.0148 e. The van der Waals surface area contributed by atoms with Gasteiger partial charge >= 0.3 is 0 Å². The summed E-state index contributed by atoms with van der Waals surface area (Å²) in [4.78, 5) is 0. The van der Waals surface area contributed by atoms with E-state index >= 15 is 0 Å². The third-order valence-electron chi connectivity index (χ3n) is 1.37. The van der Waals surface area contributed by atoms with Gasteiger partial charge in [0.05, 0.1) is 0 Å². The Balaban J connectivity index is 3.18. The Morgan fingerprint density at radius 2 is 1.67 bits per heavy atom. The monoisotopic (exact) mass is 164 g/mol. The first-order chi connectivity index (χ1) is 4.35. The average Bonchev–Trinajstić information content (AvgIpc) is 1.88. The summed E-state index contributed by atoms with van der Waals surface area (Å²) in [5.41, 5.74) is 0. The Kier molecular flexibility index (Phi) is 7.34. The summed E-state index contributed by atoms with van der Waals surface area (Å²) < 4.78 is 0. The molecular formula is C7H16S2. The van der Waals surface area contributed by atoms with Crippen LogP contribution in [0.1, 0.15) is 39.5 Å². The minimum atomic E-state index is 0.795. The van der Waals surface area contributed by atoms with Crippen LogP contribution < -0.4 is 0 Å². The zero-order chi connectivity index (χ0) is 7.11. The summed E-state index contributed by atoms with van der Waals surface area (Å²) >= 11 is 4.20. The van der Waals surface area contributed by atoms with E-state index in [2.05, 4.69) is 25.5 Å². The van der Waals surface area contributed by atoms with Crippen molar-refractivity contribution in [3.63, 3.8) is 0 Å². The molecule has 0 bridgehead atoms. The van der Waals surface area contributed by atoms with Crippen LogP contribution in [0.25, 0.3) is 0 Å². The van der Waals surface area contributed by atoms with Gasteiger partial charge < -0.3 is 0 Å². The van der Waals surface area contributed by atoms with Crippen LogP contribution in [0.2, 0.25) is 0 Å². The van der Waals surface area contributed by atoms with Crippen LogP contribution in [0.4, 0.5) is 0 Å². The van der Waals surface area contributed by atoms with E-state index in [1.54, 1.807) is 10.8 Å². The Bertz CT molecular complexity index is 48.9. The Labute approximate surface area is 67.6 Å². The Hall–Kier alpha value is 0.700. The third-order valence-corrected chi connectivity index (χ3v) is 3.03. The van der Waals surface area contributed by atoms with Gasteiger partial charge in [-0.15, -0.1) is 11.7 Å². The summed E-state index contributed by atoms with van der Waals surface area (Å²) in [6.45, 7) is 4.46. The van der Waals surface area contributed by atoms with Crippen LogP contribution in [0.5, 0.6) is 0 Å². The van der Waals surface area contributed by atoms with Gasteiger partial charge in [0.2, 0.25) is 0 Å². The van der Waals surface area contributed by atoms with Crippen molar-refractivity contribution in [2.75, 3.05) is 0 Å². The topological polar surface area (TPSA) is 0 Å². The molecule has 0 saturated heterocycles. The fourth-order valence-electron chi connectivity index (χ4n) is 0.894. The van der Waals surface area contributed by atoms with Crippen LogP contribution in [0.15, 0.2) is 0 Å². The van der Waals surface area contributed by atoms with Crippen LogP contribution in [0.3, 0.4) is 0 Å². The maximum atomic E-state index is 4.20. The predicted molar refractivity (Wildman–Crippen MR) is 50.2 cm³/mol. The van der Waals surface area contributed by atoms with Gasteiger partial charge in [-0.25, -0.2) is 0 Å². The van der Waals surface area contributed by atoms with E-state index in [9.17, 15) is 0 Å². The lowest BCUT2D eigenvalue weighted by Gasteiger charge is -2.09. The Morgan fingerprint density at radius 3 is 1.89 bits per heavy atom. The van der Waals surface area contributed by atoms with Gasteiger partial charge in [-0.3, -0.25) is 0 Å². The third kappa shape index (κ3) is 5.16. The molecule has 0 unspecified atom stereocenters. The summed E-state index contributed by atoms with van der Waals surface area (Å²) in [5, 5.41) is 0.795. The second-order valence-corrected chi connectivity index (χ2v) is 3.81. The lowest BCUT2D eigenvalue weighted by molar-refractivity contribution is 0.676. The van der Waals surface area contributed by atoms with E-state index in [1.807, 2.05) is 0 Å². The molecule has 0 amide bonds. The highest BCUT2D eigenvalue weighted by Crippen LogP contribution is 2.23. The molecule has 0 aromatic heterocycles. The first-order valence-electron chi connectivity index (χ1n) is 3.65. The summed E-state index contributed by atoms with van der Waals surface area (Å²) in [7, 11) is 1.71. The van der Waals surface area contributed by atoms with Crippen LogP contribution >= 0.6 is 22.5 Å². The molecule has 0 spiro atoms. The average molecular weight is 164 g/mol. The van der Waals surface area contributed by atoms with E-state index in [0.717, 1.165) is 5.25 Å². The van der Waals surface area contributed by atoms with Gasteiger partial charge in [0.25, 0.3) is 0 Å². The first-order valence-corrected chi connectivity index (χ1v) is 5.58. The smallest absolute Gasteiger partial charge is 0.0148 e. The molecule has 0 N–H and O–H groups in total. The van der Waals surface area contributed by atoms with Crippen molar-refractivity contribution in [3.05, 3.63) is 0 Å². The van der Waals surface area contributed by atoms with Crippen LogP contribution in [-0.2, 0) is 0 Å². The fourth-order valence-corrected chi connectivity index (χ4v) is 2.21. The molecule has 0 aliphatic heterocycles. The molecule has 0 aromatic rings. The first kappa shape index (κ1) is 9.70. The summed E-state index contributed by atoms with van der Waals surface area (Å²) in [5.74, 6) is 0. The van der Waals surface area contributed by atoms with Crippen molar-refractivity contribution in [2.45, 2.75) is 44.8 Å². The van der Waals surface area contributed by atoms with Gasteiger partial charge in [-0.1, -0.05) is 37.5 Å². The van der Waals surface area contributed by atoms with Gasteiger partial charge in [0.1, 0.15) is 0 Å². The van der Waals surface area contributed by atoms with Gasteiger partial charge in [-0.2, -0.15) is 0 Å². The second-order valence-electron chi connectivity index (χ2n) is 2.30. The molecule has 0 heterocycles. The molecule has 0 fully saturated rings. The number of rotatable bonds is 5. The number of hydrogen-bond acceptors (Lipinski definition) is 2. The van der Waals surface area contributed by atoms with E-state index < -0.39 is 0 Å². The minimum absolute atomic E-state index is 0.795. The van der Waals surface area contributed by atoms with Crippen LogP contribution in [0, 0.1) is 0 Å². The predicted octanol–water partition coefficient (Wildman–Crippen LogP) is 3.53. The van der Waals surface area contributed by atoms with E-state index in [4.69, 9.17) is 0 Å². The molecule has 0 aliphatic carbocycles. The van der Waals surface area contributed by atoms with Gasteiger partial charge in [-0.05, 0) is 12.8 Å². The molecule has 0 saturated carbocycles. The van der Waals surface area contributed by atoms with E-state index in [0.29, 0.717) is 0 Å². The molecule has 56 valence electrons. The van der Waals surface area contributed by atoms with Crippen molar-refractivity contribution < 1.29 is 0 Å². The molecule has 0 aliphatic rings. The molecule has 0 radical (unpaired) electrons. The second kappa shape index (κ2) is 6.81. The summed E-state index contributed by atoms with van der Waals surface area (Å²) in [6.07, 6.45) is 5.22. The molecule has 9 heavy (non-hydrogen) atoms. The van der Waals surface area contributed by atoms with E-state index in [-0.39, 0.29) is 0 Å². The molecule has 0 rings (SSSR count). The summed E-state index contributed by atoms with van der Waals surface area (Å²) in [6, 6.07) is 0. The van der Waals surface area contributed by atoms with Gasteiger partial charge in [0.15, 0.2) is 0 Å². The highest BCUT2D eigenvalue weighted by Gasteiger charge is 2.02. The lowest BCUT2D eigenvalue weighted by atomic mass is 10.2. The fraction of sp³-hybridized carbons (Fsp3) is 1.00. The zero-order valence-electron chi connectivity index (χ0n) is 6.26. The molecule has 0 atom stereocenters. The molecule has 0 nitrogen and oxygen atoms in total. The minimum Gasteiger partial charge on any atom is -0.111 e. The van der Waals surface area contributed by atoms with Crippen molar-refractivity contribution >= 4 is 22.5 Å². The van der Waals surface area contributed by atoms with Gasteiger partial charge in [0, 0.05) is 5.25 Å². The quantitative estimate of drug-likeness (QED) is 0.479. The normalized spacial score (nSPS) is 10.7.